The first-order chi connectivity index (χ1) is 27.7. The number of hydrogen-bond acceptors (Lipinski definition) is 10. The van der Waals surface area contributed by atoms with Crippen LogP contribution in [-0.2, 0) is 9.59 Å². The van der Waals surface area contributed by atoms with Crippen molar-refractivity contribution in [3.05, 3.63) is 137 Å². The van der Waals surface area contributed by atoms with Crippen molar-refractivity contribution in [1.29, 1.82) is 0 Å². The lowest BCUT2D eigenvalue weighted by Gasteiger charge is -2.38. The van der Waals surface area contributed by atoms with Gasteiger partial charge in [0.15, 0.2) is 0 Å². The van der Waals surface area contributed by atoms with Crippen LogP contribution in [0.4, 0.5) is 0 Å². The molecule has 4 heterocycles. The summed E-state index contributed by atoms with van der Waals surface area (Å²) in [4.78, 5) is 62.3. The lowest BCUT2D eigenvalue weighted by Crippen LogP contribution is -2.54. The number of hydrogen-bond donors (Lipinski definition) is 2. The smallest absolute Gasteiger partial charge is 0.262 e. The molecule has 1 aromatic heterocycles. The molecule has 57 heavy (non-hydrogen) atoms. The monoisotopic (exact) mass is 763 g/mol. The summed E-state index contributed by atoms with van der Waals surface area (Å²) in [7, 11) is 0. The number of aromatic hydroxyl groups is 1. The molecule has 0 radical (unpaired) electrons. The van der Waals surface area contributed by atoms with E-state index in [1.165, 1.54) is 17.3 Å². The van der Waals surface area contributed by atoms with Crippen LogP contribution in [0.25, 0.3) is 22.4 Å². The van der Waals surface area contributed by atoms with E-state index in [0.29, 0.717) is 36.3 Å². The van der Waals surface area contributed by atoms with E-state index in [-0.39, 0.29) is 29.7 Å². The number of benzene rings is 4. The van der Waals surface area contributed by atoms with Gasteiger partial charge in [0.05, 0.1) is 35.8 Å². The zero-order valence-electron chi connectivity index (χ0n) is 31.4. The van der Waals surface area contributed by atoms with Gasteiger partial charge in [-0.25, -0.2) is 9.97 Å². The van der Waals surface area contributed by atoms with Crippen molar-refractivity contribution in [2.75, 3.05) is 32.8 Å². The number of carbonyl (C=O) groups is 4. The Morgan fingerprint density at radius 2 is 1.53 bits per heavy atom. The number of amides is 4. The number of nitrogens with one attached hydrogen (secondary N) is 1. The van der Waals surface area contributed by atoms with Gasteiger partial charge in [-0.1, -0.05) is 67.6 Å². The Hall–Kier alpha value is -6.66. The average molecular weight is 764 g/mol. The second kappa shape index (κ2) is 16.2. The van der Waals surface area contributed by atoms with E-state index in [1.54, 1.807) is 36.5 Å². The van der Waals surface area contributed by atoms with Crippen LogP contribution in [0.2, 0.25) is 0 Å². The van der Waals surface area contributed by atoms with E-state index < -0.39 is 29.7 Å². The standard InChI is InChI=1S/C45H41N5O7/c1-2-35(29-6-4-3-5-7-29)42(30-8-13-33(51)14-9-30)31-10-15-34(16-11-31)56-21-20-49-25-28(26-49)27-57-41-24-46-38(23-47-41)32-12-17-36-37(22-32)45(55)50(44(36)54)39-18-19-40(52)48-43(39)53/h3-17,22-24,28,39,51H,2,18-21,25-27H2,1H3,(H,48,52,53). The van der Waals surface area contributed by atoms with Crippen LogP contribution < -0.4 is 14.8 Å². The molecule has 2 fully saturated rings. The van der Waals surface area contributed by atoms with Crippen LogP contribution in [0.1, 0.15) is 63.6 Å². The lowest BCUT2D eigenvalue weighted by molar-refractivity contribution is -0.136. The molecular weight excluding hydrogens is 723 g/mol. The number of carbonyl (C=O) groups excluding carboxylic acids is 4. The highest BCUT2D eigenvalue weighted by Crippen LogP contribution is 2.36. The molecule has 0 aliphatic carbocycles. The second-order valence-electron chi connectivity index (χ2n) is 14.4. The fourth-order valence-corrected chi connectivity index (χ4v) is 7.66. The summed E-state index contributed by atoms with van der Waals surface area (Å²) >= 11 is 0. The third-order valence-electron chi connectivity index (χ3n) is 10.6. The molecule has 5 aromatic rings. The predicted octanol–water partition coefficient (Wildman–Crippen LogP) is 6.01. The molecule has 4 aromatic carbocycles. The molecule has 3 aliphatic rings. The van der Waals surface area contributed by atoms with E-state index in [0.717, 1.165) is 53.4 Å². The molecule has 1 unspecified atom stereocenters. The zero-order valence-corrected chi connectivity index (χ0v) is 31.4. The van der Waals surface area contributed by atoms with Gasteiger partial charge in [-0.15, -0.1) is 0 Å². The van der Waals surface area contributed by atoms with Gasteiger partial charge >= 0.3 is 0 Å². The number of allylic oxidation sites excluding steroid dienone is 1. The molecule has 2 N–H and O–H groups in total. The number of nitrogens with zero attached hydrogens (tertiary/aromatic N) is 4. The highest BCUT2D eigenvalue weighted by molar-refractivity contribution is 6.23. The van der Waals surface area contributed by atoms with E-state index in [1.807, 2.05) is 30.3 Å². The molecule has 288 valence electrons. The Morgan fingerprint density at radius 1 is 0.807 bits per heavy atom. The Balaban J connectivity index is 0.807. The van der Waals surface area contributed by atoms with Crippen LogP contribution >= 0.6 is 0 Å². The van der Waals surface area contributed by atoms with Gasteiger partial charge < -0.3 is 14.6 Å². The van der Waals surface area contributed by atoms with Gasteiger partial charge in [-0.3, -0.25) is 34.3 Å². The summed E-state index contributed by atoms with van der Waals surface area (Å²) in [5, 5.41) is 12.1. The number of imide groups is 2. The molecule has 0 spiro atoms. The Kier molecular flexibility index (Phi) is 10.6. The van der Waals surface area contributed by atoms with Gasteiger partial charge in [0, 0.05) is 37.5 Å². The van der Waals surface area contributed by atoms with Crippen LogP contribution in [0, 0.1) is 5.92 Å². The molecule has 3 aliphatic heterocycles. The molecule has 0 bridgehead atoms. The third-order valence-corrected chi connectivity index (χ3v) is 10.6. The first-order valence-electron chi connectivity index (χ1n) is 19.1. The first-order valence-corrected chi connectivity index (χ1v) is 19.1. The van der Waals surface area contributed by atoms with E-state index in [9.17, 15) is 24.3 Å². The quantitative estimate of drug-likeness (QED) is 0.108. The van der Waals surface area contributed by atoms with Gasteiger partial charge in [-0.05, 0) is 77.1 Å². The van der Waals surface area contributed by atoms with Gasteiger partial charge in [-0.2, -0.15) is 0 Å². The molecule has 12 nitrogen and oxygen atoms in total. The van der Waals surface area contributed by atoms with E-state index >= 15 is 0 Å². The summed E-state index contributed by atoms with van der Waals surface area (Å²) in [5.41, 5.74) is 7.13. The fraction of sp³-hybridized carbons (Fsp3) is 0.244. The number of fused-ring (bicyclic) bond motifs is 1. The van der Waals surface area contributed by atoms with Crippen LogP contribution in [0.3, 0.4) is 0 Å². The Bertz CT molecular complexity index is 2340. The molecular formula is C45H41N5O7. The topological polar surface area (TPSA) is 151 Å². The average Bonchev–Trinajstić information content (AvgIpc) is 3.46. The summed E-state index contributed by atoms with van der Waals surface area (Å²) < 4.78 is 12.1. The highest BCUT2D eigenvalue weighted by Gasteiger charge is 2.44. The number of piperidine rings is 1. The molecule has 8 rings (SSSR count). The summed E-state index contributed by atoms with van der Waals surface area (Å²) in [6.07, 6.45) is 4.10. The van der Waals surface area contributed by atoms with E-state index in [4.69, 9.17) is 9.47 Å². The molecule has 1 atom stereocenters. The summed E-state index contributed by atoms with van der Waals surface area (Å²) in [5.74, 6) is -0.425. The van der Waals surface area contributed by atoms with Crippen molar-refractivity contribution in [3.8, 4) is 28.6 Å². The second-order valence-corrected chi connectivity index (χ2v) is 14.4. The zero-order chi connectivity index (χ0) is 39.5. The SMILES string of the molecule is CCC(=C(c1ccc(O)cc1)c1ccc(OCCN2CC(COc3cnc(-c4ccc5c(c4)C(=O)N(C4CCC(=O)NC4=O)C5=O)cn3)C2)cc1)c1ccccc1. The predicted molar refractivity (Wildman–Crippen MR) is 212 cm³/mol. The number of rotatable bonds is 13. The maximum absolute atomic E-state index is 13.2. The largest absolute Gasteiger partial charge is 0.508 e. The molecule has 12 heteroatoms. The molecule has 2 saturated heterocycles. The van der Waals surface area contributed by atoms with Gasteiger partial charge in [0.1, 0.15) is 24.1 Å². The normalized spacial score (nSPS) is 17.5. The highest BCUT2D eigenvalue weighted by atomic mass is 16.5. The third kappa shape index (κ3) is 7.90. The van der Waals surface area contributed by atoms with Crippen molar-refractivity contribution >= 4 is 34.8 Å². The number of aromatic nitrogens is 2. The van der Waals surface area contributed by atoms with Crippen molar-refractivity contribution in [2.24, 2.45) is 5.92 Å². The van der Waals surface area contributed by atoms with Crippen LogP contribution in [-0.4, -0.2) is 87.4 Å². The maximum Gasteiger partial charge on any atom is 0.262 e. The number of phenolic OH excluding ortho intramolecular Hbond substituents is 1. The Labute approximate surface area is 329 Å². The summed E-state index contributed by atoms with van der Waals surface area (Å²) in [6, 6.07) is 29.7. The number of phenols is 1. The van der Waals surface area contributed by atoms with Crippen molar-refractivity contribution in [2.45, 2.75) is 32.2 Å². The first kappa shape index (κ1) is 37.3. The summed E-state index contributed by atoms with van der Waals surface area (Å²) in [6.45, 7) is 5.77. The van der Waals surface area contributed by atoms with Crippen LogP contribution in [0.15, 0.2) is 109 Å². The number of likely N-dealkylation sites (tertiary alicyclic amines) is 1. The maximum atomic E-state index is 13.2. The lowest BCUT2D eigenvalue weighted by atomic mass is 9.88. The van der Waals surface area contributed by atoms with Crippen LogP contribution in [0.5, 0.6) is 17.4 Å². The van der Waals surface area contributed by atoms with Crippen molar-refractivity contribution in [1.82, 2.24) is 25.1 Å². The minimum Gasteiger partial charge on any atom is -0.508 e. The fourth-order valence-electron chi connectivity index (χ4n) is 7.66. The van der Waals surface area contributed by atoms with Gasteiger partial charge in [0.25, 0.3) is 11.8 Å². The van der Waals surface area contributed by atoms with Gasteiger partial charge in [0.2, 0.25) is 17.7 Å². The van der Waals surface area contributed by atoms with Crippen molar-refractivity contribution < 1.29 is 33.8 Å². The molecule has 4 amide bonds. The minimum absolute atomic E-state index is 0.0593. The number of ether oxygens (including phenoxy) is 2. The van der Waals surface area contributed by atoms with E-state index in [2.05, 4.69) is 63.5 Å². The Morgan fingerprint density at radius 3 is 2.21 bits per heavy atom. The van der Waals surface area contributed by atoms with Crippen molar-refractivity contribution in [3.63, 3.8) is 0 Å². The minimum atomic E-state index is -1.02. The molecule has 0 saturated carbocycles.